The van der Waals surface area contributed by atoms with Crippen molar-refractivity contribution in [1.29, 1.82) is 0 Å². The Labute approximate surface area is 158 Å². The third-order valence-electron chi connectivity index (χ3n) is 5.48. The van der Waals surface area contributed by atoms with E-state index in [1.165, 1.54) is 0 Å². The quantitative estimate of drug-likeness (QED) is 0.873. The van der Waals surface area contributed by atoms with Gasteiger partial charge in [-0.3, -0.25) is 9.59 Å². The largest absolute Gasteiger partial charge is 0.386 e. The highest BCUT2D eigenvalue weighted by Crippen LogP contribution is 2.34. The number of carbonyl (C=O) groups is 2. The van der Waals surface area contributed by atoms with E-state index in [1.807, 2.05) is 31.2 Å². The van der Waals surface area contributed by atoms with Gasteiger partial charge in [0, 0.05) is 38.1 Å². The molecule has 0 saturated carbocycles. The standard InChI is InChI=1S/C20H25N3O4/c1-14-4-2-5-15(10-14)19(25)23-8-7-20(13-23)11-17(22-27-20)18(24)21-12-16-6-3-9-26-16/h2,4-5,10,16H,3,6-9,11-13H2,1H3,(H,21,24)/t16-,20+/m1/s1. The fourth-order valence-electron chi connectivity index (χ4n) is 3.95. The molecule has 1 spiro atoms. The highest BCUT2D eigenvalue weighted by atomic mass is 16.7. The van der Waals surface area contributed by atoms with Gasteiger partial charge in [-0.05, 0) is 31.9 Å². The summed E-state index contributed by atoms with van der Waals surface area (Å²) in [6.07, 6.45) is 3.22. The number of oxime groups is 1. The molecule has 1 aromatic rings. The summed E-state index contributed by atoms with van der Waals surface area (Å²) in [5.74, 6) is -0.207. The van der Waals surface area contributed by atoms with E-state index in [4.69, 9.17) is 9.57 Å². The second-order valence-corrected chi connectivity index (χ2v) is 7.68. The lowest BCUT2D eigenvalue weighted by atomic mass is 9.96. The van der Waals surface area contributed by atoms with E-state index in [0.29, 0.717) is 43.8 Å². The number of hydrogen-bond acceptors (Lipinski definition) is 5. The van der Waals surface area contributed by atoms with Crippen LogP contribution in [-0.4, -0.2) is 60.4 Å². The molecule has 3 aliphatic rings. The van der Waals surface area contributed by atoms with Crippen LogP contribution < -0.4 is 5.32 Å². The number of ether oxygens (including phenoxy) is 1. The van der Waals surface area contributed by atoms with Crippen LogP contribution in [0.4, 0.5) is 0 Å². The lowest BCUT2D eigenvalue weighted by Gasteiger charge is -2.21. The van der Waals surface area contributed by atoms with Gasteiger partial charge in [-0.25, -0.2) is 0 Å². The van der Waals surface area contributed by atoms with Crippen LogP contribution in [0.3, 0.4) is 0 Å². The van der Waals surface area contributed by atoms with E-state index in [1.54, 1.807) is 4.90 Å². The van der Waals surface area contributed by atoms with Gasteiger partial charge >= 0.3 is 0 Å². The van der Waals surface area contributed by atoms with Crippen LogP contribution >= 0.6 is 0 Å². The van der Waals surface area contributed by atoms with Gasteiger partial charge in [0.15, 0.2) is 5.60 Å². The van der Waals surface area contributed by atoms with E-state index in [2.05, 4.69) is 10.5 Å². The Morgan fingerprint density at radius 3 is 3.07 bits per heavy atom. The summed E-state index contributed by atoms with van der Waals surface area (Å²) in [5.41, 5.74) is 1.56. The van der Waals surface area contributed by atoms with E-state index in [-0.39, 0.29) is 17.9 Å². The van der Waals surface area contributed by atoms with Gasteiger partial charge in [-0.2, -0.15) is 0 Å². The summed E-state index contributed by atoms with van der Waals surface area (Å²) >= 11 is 0. The number of nitrogens with zero attached hydrogens (tertiary/aromatic N) is 2. The van der Waals surface area contributed by atoms with Crippen LogP contribution in [0.25, 0.3) is 0 Å². The van der Waals surface area contributed by atoms with Gasteiger partial charge in [-0.15, -0.1) is 0 Å². The average molecular weight is 371 g/mol. The molecule has 0 radical (unpaired) electrons. The lowest BCUT2D eigenvalue weighted by molar-refractivity contribution is -0.115. The molecular weight excluding hydrogens is 346 g/mol. The molecule has 0 aromatic heterocycles. The molecule has 2 amide bonds. The normalized spacial score (nSPS) is 26.9. The Morgan fingerprint density at radius 2 is 2.30 bits per heavy atom. The first kappa shape index (κ1) is 18.0. The second-order valence-electron chi connectivity index (χ2n) is 7.68. The molecule has 0 bridgehead atoms. The van der Waals surface area contributed by atoms with Crippen LogP contribution in [-0.2, 0) is 14.4 Å². The van der Waals surface area contributed by atoms with Crippen LogP contribution in [0.5, 0.6) is 0 Å². The van der Waals surface area contributed by atoms with Crippen molar-refractivity contribution >= 4 is 17.5 Å². The van der Waals surface area contributed by atoms with Gasteiger partial charge in [0.1, 0.15) is 5.71 Å². The van der Waals surface area contributed by atoms with E-state index in [9.17, 15) is 9.59 Å². The Hall–Kier alpha value is -2.41. The number of likely N-dealkylation sites (tertiary alicyclic amines) is 1. The highest BCUT2D eigenvalue weighted by Gasteiger charge is 2.48. The predicted molar refractivity (Wildman–Crippen MR) is 99.6 cm³/mol. The van der Waals surface area contributed by atoms with Gasteiger partial charge in [0.25, 0.3) is 11.8 Å². The fourth-order valence-corrected chi connectivity index (χ4v) is 3.95. The minimum absolute atomic E-state index is 0.00420. The van der Waals surface area contributed by atoms with Gasteiger partial charge in [-0.1, -0.05) is 22.9 Å². The molecule has 2 atom stereocenters. The zero-order valence-electron chi connectivity index (χ0n) is 15.6. The van der Waals surface area contributed by atoms with E-state index in [0.717, 1.165) is 25.0 Å². The van der Waals surface area contributed by atoms with Crippen molar-refractivity contribution in [2.24, 2.45) is 5.16 Å². The SMILES string of the molecule is Cc1cccc(C(=O)N2CC[C@]3(CC(C(=O)NC[C@H]4CCCO4)=NO3)C2)c1. The predicted octanol–water partition coefficient (Wildman–Crippen LogP) is 1.65. The smallest absolute Gasteiger partial charge is 0.269 e. The topological polar surface area (TPSA) is 80.2 Å². The molecule has 7 heteroatoms. The minimum atomic E-state index is -0.573. The summed E-state index contributed by atoms with van der Waals surface area (Å²) in [5, 5.41) is 6.91. The molecule has 2 fully saturated rings. The number of nitrogens with one attached hydrogen (secondary N) is 1. The Bertz CT molecular complexity index is 772. The molecule has 0 aliphatic carbocycles. The van der Waals surface area contributed by atoms with Crippen molar-refractivity contribution in [3.05, 3.63) is 35.4 Å². The highest BCUT2D eigenvalue weighted by molar-refractivity contribution is 6.39. The van der Waals surface area contributed by atoms with Gasteiger partial charge in [0.2, 0.25) is 0 Å². The van der Waals surface area contributed by atoms with E-state index < -0.39 is 5.60 Å². The molecule has 2 saturated heterocycles. The Morgan fingerprint density at radius 1 is 1.41 bits per heavy atom. The zero-order chi connectivity index (χ0) is 18.9. The third kappa shape index (κ3) is 3.83. The lowest BCUT2D eigenvalue weighted by Crippen LogP contribution is -2.40. The van der Waals surface area contributed by atoms with Crippen LogP contribution in [0, 0.1) is 6.92 Å². The van der Waals surface area contributed by atoms with Crippen molar-refractivity contribution < 1.29 is 19.2 Å². The first-order valence-electron chi connectivity index (χ1n) is 9.55. The third-order valence-corrected chi connectivity index (χ3v) is 5.48. The average Bonchev–Trinajstić information content (AvgIpc) is 3.41. The van der Waals surface area contributed by atoms with Crippen molar-refractivity contribution in [1.82, 2.24) is 10.2 Å². The second kappa shape index (κ2) is 7.31. The maximum atomic E-state index is 12.7. The molecule has 27 heavy (non-hydrogen) atoms. The minimum Gasteiger partial charge on any atom is -0.386 e. The molecular formula is C20H25N3O4. The molecule has 7 nitrogen and oxygen atoms in total. The van der Waals surface area contributed by atoms with Gasteiger partial charge in [0.05, 0.1) is 12.6 Å². The molecule has 3 aliphatic heterocycles. The summed E-state index contributed by atoms with van der Waals surface area (Å²) in [6, 6.07) is 7.58. The van der Waals surface area contributed by atoms with Crippen molar-refractivity contribution in [2.75, 3.05) is 26.2 Å². The summed E-state index contributed by atoms with van der Waals surface area (Å²) < 4.78 is 5.52. The summed E-state index contributed by atoms with van der Waals surface area (Å²) in [4.78, 5) is 32.5. The molecule has 4 rings (SSSR count). The number of rotatable bonds is 4. The van der Waals surface area contributed by atoms with Crippen molar-refractivity contribution in [2.45, 2.75) is 44.3 Å². The molecule has 1 aromatic carbocycles. The first-order chi connectivity index (χ1) is 13.0. The monoisotopic (exact) mass is 371 g/mol. The fraction of sp³-hybridized carbons (Fsp3) is 0.550. The molecule has 3 heterocycles. The summed E-state index contributed by atoms with van der Waals surface area (Å²) in [6.45, 7) is 4.29. The van der Waals surface area contributed by atoms with Gasteiger partial charge < -0.3 is 19.8 Å². The first-order valence-corrected chi connectivity index (χ1v) is 9.55. The van der Waals surface area contributed by atoms with Crippen molar-refractivity contribution in [3.63, 3.8) is 0 Å². The number of amides is 2. The van der Waals surface area contributed by atoms with Crippen LogP contribution in [0.2, 0.25) is 0 Å². The summed E-state index contributed by atoms with van der Waals surface area (Å²) in [7, 11) is 0. The van der Waals surface area contributed by atoms with Crippen LogP contribution in [0.1, 0.15) is 41.6 Å². The number of hydrogen-bond donors (Lipinski definition) is 1. The molecule has 144 valence electrons. The maximum absolute atomic E-state index is 12.7. The maximum Gasteiger partial charge on any atom is 0.269 e. The molecule has 0 unspecified atom stereocenters. The molecule has 1 N–H and O–H groups in total. The Balaban J connectivity index is 1.32. The number of carbonyl (C=O) groups excluding carboxylic acids is 2. The zero-order valence-corrected chi connectivity index (χ0v) is 15.6. The Kier molecular flexibility index (Phi) is 4.86. The van der Waals surface area contributed by atoms with Crippen molar-refractivity contribution in [3.8, 4) is 0 Å². The van der Waals surface area contributed by atoms with E-state index >= 15 is 0 Å². The number of benzene rings is 1. The van der Waals surface area contributed by atoms with Crippen LogP contribution in [0.15, 0.2) is 29.4 Å². The number of aryl methyl sites for hydroxylation is 1.